The van der Waals surface area contributed by atoms with Gasteiger partial charge in [-0.3, -0.25) is 0 Å². The maximum Gasteiger partial charge on any atom is 0.161 e. The zero-order valence-electron chi connectivity index (χ0n) is 13.0. The molecule has 0 radical (unpaired) electrons. The van der Waals surface area contributed by atoms with Crippen LogP contribution in [0.2, 0.25) is 0 Å². The third kappa shape index (κ3) is 5.39. The van der Waals surface area contributed by atoms with Gasteiger partial charge in [0.1, 0.15) is 0 Å². The fraction of sp³-hybridized carbons (Fsp3) is 0.625. The molecule has 0 unspecified atom stereocenters. The van der Waals surface area contributed by atoms with Gasteiger partial charge in [0.25, 0.3) is 0 Å². The zero-order chi connectivity index (χ0) is 15.0. The third-order valence-corrected chi connectivity index (χ3v) is 3.31. The summed E-state index contributed by atoms with van der Waals surface area (Å²) >= 11 is 0. The number of hydrogen-bond donors (Lipinski definition) is 1. The highest BCUT2D eigenvalue weighted by Gasteiger charge is 2.11. The summed E-state index contributed by atoms with van der Waals surface area (Å²) in [6.07, 6.45) is 1.70. The third-order valence-electron chi connectivity index (χ3n) is 3.31. The van der Waals surface area contributed by atoms with Crippen molar-refractivity contribution in [1.82, 2.24) is 0 Å². The molecule has 0 aliphatic heterocycles. The van der Waals surface area contributed by atoms with Crippen molar-refractivity contribution in [2.45, 2.75) is 32.7 Å². The molecular formula is C16H27NO3. The van der Waals surface area contributed by atoms with Gasteiger partial charge < -0.3 is 19.9 Å². The molecule has 4 nitrogen and oxygen atoms in total. The van der Waals surface area contributed by atoms with Gasteiger partial charge in [-0.15, -0.1) is 0 Å². The van der Waals surface area contributed by atoms with Crippen LogP contribution in [0.25, 0.3) is 0 Å². The normalized spacial score (nSPS) is 12.5. The van der Waals surface area contributed by atoms with Crippen LogP contribution in [0.4, 0.5) is 0 Å². The molecule has 0 fully saturated rings. The molecule has 1 aromatic rings. The molecule has 114 valence electrons. The predicted octanol–water partition coefficient (Wildman–Crippen LogP) is 2.64. The molecule has 0 spiro atoms. The molecule has 0 saturated carbocycles. The summed E-state index contributed by atoms with van der Waals surface area (Å²) in [5.74, 6) is 1.99. The van der Waals surface area contributed by atoms with E-state index >= 15 is 0 Å². The fourth-order valence-corrected chi connectivity index (χ4v) is 1.85. The Bertz CT molecular complexity index is 393. The average molecular weight is 281 g/mol. The van der Waals surface area contributed by atoms with E-state index in [0.29, 0.717) is 19.1 Å². The molecule has 0 amide bonds. The topological polar surface area (TPSA) is 53.7 Å². The first-order valence-corrected chi connectivity index (χ1v) is 7.12. The van der Waals surface area contributed by atoms with Gasteiger partial charge in [0, 0.05) is 26.2 Å². The van der Waals surface area contributed by atoms with Crippen molar-refractivity contribution in [3.63, 3.8) is 0 Å². The average Bonchev–Trinajstić information content (AvgIpc) is 2.43. The zero-order valence-corrected chi connectivity index (χ0v) is 13.0. The van der Waals surface area contributed by atoms with E-state index in [2.05, 4.69) is 13.8 Å². The van der Waals surface area contributed by atoms with Gasteiger partial charge >= 0.3 is 0 Å². The van der Waals surface area contributed by atoms with E-state index in [-0.39, 0.29) is 6.04 Å². The van der Waals surface area contributed by atoms with E-state index in [1.54, 1.807) is 14.2 Å². The fourth-order valence-electron chi connectivity index (χ4n) is 1.85. The van der Waals surface area contributed by atoms with Crippen molar-refractivity contribution < 1.29 is 14.2 Å². The summed E-state index contributed by atoms with van der Waals surface area (Å²) < 4.78 is 16.1. The molecular weight excluding hydrogens is 254 g/mol. The Labute approximate surface area is 122 Å². The first kappa shape index (κ1) is 16.8. The maximum absolute atomic E-state index is 6.12. The minimum absolute atomic E-state index is 0.157. The van der Waals surface area contributed by atoms with Crippen molar-refractivity contribution in [3.05, 3.63) is 23.8 Å². The maximum atomic E-state index is 6.12. The van der Waals surface area contributed by atoms with Crippen molar-refractivity contribution in [1.29, 1.82) is 0 Å². The van der Waals surface area contributed by atoms with E-state index in [1.807, 2.05) is 18.2 Å². The predicted molar refractivity (Wildman–Crippen MR) is 81.5 cm³/mol. The SMILES string of the molecule is COCCCOc1cc(C[C@H](N)C(C)C)ccc1OC. The Hall–Kier alpha value is -1.26. The van der Waals surface area contributed by atoms with E-state index in [0.717, 1.165) is 24.3 Å². The summed E-state index contributed by atoms with van der Waals surface area (Å²) in [5.41, 5.74) is 7.29. The lowest BCUT2D eigenvalue weighted by atomic mass is 9.97. The molecule has 20 heavy (non-hydrogen) atoms. The number of hydrogen-bond acceptors (Lipinski definition) is 4. The Morgan fingerprint density at radius 3 is 2.45 bits per heavy atom. The Kier molecular flexibility index (Phi) is 7.41. The first-order chi connectivity index (χ1) is 9.58. The number of rotatable bonds is 9. The first-order valence-electron chi connectivity index (χ1n) is 7.12. The van der Waals surface area contributed by atoms with Crippen molar-refractivity contribution in [2.75, 3.05) is 27.4 Å². The minimum atomic E-state index is 0.157. The van der Waals surface area contributed by atoms with Crippen LogP contribution in [0.5, 0.6) is 11.5 Å². The lowest BCUT2D eigenvalue weighted by Crippen LogP contribution is -2.28. The minimum Gasteiger partial charge on any atom is -0.493 e. The number of nitrogens with two attached hydrogens (primary N) is 1. The van der Waals surface area contributed by atoms with Gasteiger partial charge in [-0.1, -0.05) is 19.9 Å². The van der Waals surface area contributed by atoms with Gasteiger partial charge in [0.15, 0.2) is 11.5 Å². The van der Waals surface area contributed by atoms with Crippen LogP contribution in [0.15, 0.2) is 18.2 Å². The van der Waals surface area contributed by atoms with Gasteiger partial charge in [-0.2, -0.15) is 0 Å². The van der Waals surface area contributed by atoms with Crippen LogP contribution in [0.1, 0.15) is 25.8 Å². The molecule has 4 heteroatoms. The Morgan fingerprint density at radius 2 is 1.85 bits per heavy atom. The summed E-state index contributed by atoms with van der Waals surface area (Å²) in [6, 6.07) is 6.16. The van der Waals surface area contributed by atoms with Gasteiger partial charge in [-0.25, -0.2) is 0 Å². The van der Waals surface area contributed by atoms with Gasteiger partial charge in [0.05, 0.1) is 13.7 Å². The number of benzene rings is 1. The summed E-state index contributed by atoms with van der Waals surface area (Å²) in [7, 11) is 3.34. The molecule has 0 aromatic heterocycles. The lowest BCUT2D eigenvalue weighted by Gasteiger charge is -2.17. The Morgan fingerprint density at radius 1 is 1.10 bits per heavy atom. The van der Waals surface area contributed by atoms with E-state index in [9.17, 15) is 0 Å². The van der Waals surface area contributed by atoms with Gasteiger partial charge in [-0.05, 0) is 30.0 Å². The summed E-state index contributed by atoms with van der Waals surface area (Å²) in [4.78, 5) is 0. The lowest BCUT2D eigenvalue weighted by molar-refractivity contribution is 0.170. The van der Waals surface area contributed by atoms with Crippen LogP contribution >= 0.6 is 0 Å². The van der Waals surface area contributed by atoms with Crippen LogP contribution in [0, 0.1) is 5.92 Å². The van der Waals surface area contributed by atoms with Crippen LogP contribution in [0.3, 0.4) is 0 Å². The molecule has 0 saturated heterocycles. The molecule has 1 atom stereocenters. The smallest absolute Gasteiger partial charge is 0.161 e. The summed E-state index contributed by atoms with van der Waals surface area (Å²) in [5, 5.41) is 0. The highest BCUT2D eigenvalue weighted by atomic mass is 16.5. The molecule has 2 N–H and O–H groups in total. The summed E-state index contributed by atoms with van der Waals surface area (Å²) in [6.45, 7) is 5.58. The Balaban J connectivity index is 2.69. The van der Waals surface area contributed by atoms with E-state index in [4.69, 9.17) is 19.9 Å². The molecule has 0 aliphatic carbocycles. The quantitative estimate of drug-likeness (QED) is 0.707. The van der Waals surface area contributed by atoms with Crippen molar-refractivity contribution in [3.8, 4) is 11.5 Å². The largest absolute Gasteiger partial charge is 0.493 e. The second-order valence-corrected chi connectivity index (χ2v) is 5.29. The highest BCUT2D eigenvalue weighted by Crippen LogP contribution is 2.29. The highest BCUT2D eigenvalue weighted by molar-refractivity contribution is 5.43. The van der Waals surface area contributed by atoms with Crippen molar-refractivity contribution >= 4 is 0 Å². The molecule has 0 heterocycles. The number of methoxy groups -OCH3 is 2. The standard InChI is InChI=1S/C16H27NO3/c1-12(2)14(17)10-13-6-7-15(19-4)16(11-13)20-9-5-8-18-3/h6-7,11-12,14H,5,8-10,17H2,1-4H3/t14-/m0/s1. The molecule has 0 aliphatic rings. The van der Waals surface area contributed by atoms with Gasteiger partial charge in [0.2, 0.25) is 0 Å². The second-order valence-electron chi connectivity index (χ2n) is 5.29. The van der Waals surface area contributed by atoms with Crippen LogP contribution < -0.4 is 15.2 Å². The van der Waals surface area contributed by atoms with Crippen molar-refractivity contribution in [2.24, 2.45) is 11.7 Å². The van der Waals surface area contributed by atoms with E-state index < -0.39 is 0 Å². The molecule has 0 bridgehead atoms. The van der Waals surface area contributed by atoms with Crippen LogP contribution in [-0.4, -0.2) is 33.5 Å². The van der Waals surface area contributed by atoms with Crippen LogP contribution in [-0.2, 0) is 11.2 Å². The molecule has 1 rings (SSSR count). The number of ether oxygens (including phenoxy) is 3. The second kappa shape index (κ2) is 8.82. The monoisotopic (exact) mass is 281 g/mol. The van der Waals surface area contributed by atoms with E-state index in [1.165, 1.54) is 5.56 Å². The molecule has 1 aromatic carbocycles.